The summed E-state index contributed by atoms with van der Waals surface area (Å²) >= 11 is 0. The van der Waals surface area contributed by atoms with E-state index in [-0.39, 0.29) is 33.7 Å². The van der Waals surface area contributed by atoms with Crippen molar-refractivity contribution in [1.29, 1.82) is 0 Å². The first kappa shape index (κ1) is 24.9. The molecule has 0 N–H and O–H groups in total. The molecule has 2 aliphatic heterocycles. The number of ether oxygens (including phenoxy) is 1. The highest BCUT2D eigenvalue weighted by Gasteiger charge is 2.56. The van der Waals surface area contributed by atoms with Crippen molar-refractivity contribution in [3.63, 3.8) is 0 Å². The van der Waals surface area contributed by atoms with Crippen molar-refractivity contribution in [2.75, 3.05) is 12.0 Å². The van der Waals surface area contributed by atoms with Crippen molar-refractivity contribution in [1.82, 2.24) is 4.90 Å². The first-order chi connectivity index (χ1) is 19.4. The molecule has 2 heterocycles. The summed E-state index contributed by atoms with van der Waals surface area (Å²) in [6.07, 6.45) is 0. The van der Waals surface area contributed by atoms with Gasteiger partial charge in [-0.2, -0.15) is 0 Å². The SMILES string of the molecule is COC(=O)c1ccc(N2C(=O)c3ccc(C(=O)N4[C@H](c5ccccc5)[C@@H]4C(=O)c4ccccc4)cc3C2=O)cc1. The summed E-state index contributed by atoms with van der Waals surface area (Å²) in [4.78, 5) is 67.8. The predicted octanol–water partition coefficient (Wildman–Crippen LogP) is 4.72. The lowest BCUT2D eigenvalue weighted by Crippen LogP contribution is -2.29. The minimum atomic E-state index is -0.687. The quantitative estimate of drug-likeness (QED) is 0.155. The van der Waals surface area contributed by atoms with Crippen molar-refractivity contribution in [3.8, 4) is 0 Å². The second-order valence-electron chi connectivity index (χ2n) is 9.49. The van der Waals surface area contributed by atoms with Crippen LogP contribution in [0.25, 0.3) is 0 Å². The maximum Gasteiger partial charge on any atom is 0.337 e. The van der Waals surface area contributed by atoms with Crippen molar-refractivity contribution < 1.29 is 28.7 Å². The van der Waals surface area contributed by atoms with Crippen molar-refractivity contribution in [2.24, 2.45) is 0 Å². The Morgan fingerprint density at radius 3 is 1.93 bits per heavy atom. The van der Waals surface area contributed by atoms with Crippen LogP contribution >= 0.6 is 0 Å². The van der Waals surface area contributed by atoms with Crippen LogP contribution in [0, 0.1) is 0 Å². The van der Waals surface area contributed by atoms with Crippen LogP contribution in [0.4, 0.5) is 5.69 Å². The van der Waals surface area contributed by atoms with Crippen LogP contribution in [-0.4, -0.2) is 47.5 Å². The van der Waals surface area contributed by atoms with Crippen molar-refractivity contribution in [3.05, 3.63) is 137 Å². The van der Waals surface area contributed by atoms with Gasteiger partial charge in [-0.15, -0.1) is 0 Å². The Morgan fingerprint density at radius 2 is 1.27 bits per heavy atom. The minimum Gasteiger partial charge on any atom is -0.465 e. The molecule has 0 radical (unpaired) electrons. The van der Waals surface area contributed by atoms with Gasteiger partial charge in [0.15, 0.2) is 5.78 Å². The summed E-state index contributed by atoms with van der Waals surface area (Å²) in [5, 5.41) is 0. The number of fused-ring (bicyclic) bond motifs is 1. The normalized spacial score (nSPS) is 17.4. The number of anilines is 1. The molecule has 3 amide bonds. The highest BCUT2D eigenvalue weighted by molar-refractivity contribution is 6.34. The number of benzene rings is 4. The molecule has 0 aromatic heterocycles. The summed E-state index contributed by atoms with van der Waals surface area (Å²) in [7, 11) is 1.26. The smallest absolute Gasteiger partial charge is 0.337 e. The Bertz CT molecular complexity index is 1680. The number of hydrogen-bond donors (Lipinski definition) is 0. The zero-order valence-electron chi connectivity index (χ0n) is 21.3. The lowest BCUT2D eigenvalue weighted by molar-refractivity contribution is 0.0600. The van der Waals surface area contributed by atoms with Crippen molar-refractivity contribution >= 4 is 35.2 Å². The fourth-order valence-electron chi connectivity index (χ4n) is 5.14. The van der Waals surface area contributed by atoms with Crippen LogP contribution < -0.4 is 4.90 Å². The van der Waals surface area contributed by atoms with E-state index in [0.29, 0.717) is 5.56 Å². The molecule has 0 saturated carbocycles. The minimum absolute atomic E-state index is 0.0944. The molecule has 0 bridgehead atoms. The zero-order chi connectivity index (χ0) is 28.0. The van der Waals surface area contributed by atoms with Crippen LogP contribution in [0.5, 0.6) is 0 Å². The van der Waals surface area contributed by atoms with Gasteiger partial charge in [-0.1, -0.05) is 60.7 Å². The van der Waals surface area contributed by atoms with E-state index in [1.54, 1.807) is 24.3 Å². The Labute approximate surface area is 229 Å². The number of methoxy groups -OCH3 is 1. The number of ketones is 1. The summed E-state index contributed by atoms with van der Waals surface area (Å²) in [6.45, 7) is 0. The third kappa shape index (κ3) is 4.06. The van der Waals surface area contributed by atoms with Crippen LogP contribution in [0.1, 0.15) is 63.4 Å². The van der Waals surface area contributed by atoms with E-state index in [9.17, 15) is 24.0 Å². The predicted molar refractivity (Wildman–Crippen MR) is 145 cm³/mol. The fraction of sp³-hybridized carbons (Fsp3) is 0.0938. The van der Waals surface area contributed by atoms with Gasteiger partial charge < -0.3 is 9.64 Å². The molecule has 4 aromatic carbocycles. The molecule has 196 valence electrons. The number of amides is 3. The standard InChI is InChI=1S/C32H22N2O6/c1-40-32(39)21-12-15-23(16-13-21)33-30(37)24-17-14-22(18-25(24)31(33)38)29(36)34-26(19-8-4-2-5-9-19)27(34)28(35)20-10-6-3-7-11-20/h2-18,26-27H,1H3/t26-,27-,34?/m1/s1. The number of esters is 1. The highest BCUT2D eigenvalue weighted by atomic mass is 16.5. The molecule has 40 heavy (non-hydrogen) atoms. The Morgan fingerprint density at radius 1 is 0.675 bits per heavy atom. The van der Waals surface area contributed by atoms with Gasteiger partial charge in [0, 0.05) is 11.1 Å². The van der Waals surface area contributed by atoms with E-state index in [1.807, 2.05) is 36.4 Å². The van der Waals surface area contributed by atoms with Crippen molar-refractivity contribution in [2.45, 2.75) is 12.1 Å². The van der Waals surface area contributed by atoms with Crippen LogP contribution in [0.2, 0.25) is 0 Å². The summed E-state index contributed by atoms with van der Waals surface area (Å²) in [5.41, 5.74) is 2.37. The Hall–Kier alpha value is -5.37. The van der Waals surface area contributed by atoms with Gasteiger partial charge >= 0.3 is 5.97 Å². The molecule has 6 rings (SSSR count). The monoisotopic (exact) mass is 530 g/mol. The molecule has 8 heteroatoms. The number of carbonyl (C=O) groups excluding carboxylic acids is 5. The third-order valence-corrected chi connectivity index (χ3v) is 7.19. The molecule has 4 aromatic rings. The van der Waals surface area contributed by atoms with E-state index >= 15 is 0 Å². The maximum atomic E-state index is 13.7. The first-order valence-electron chi connectivity index (χ1n) is 12.6. The Balaban J connectivity index is 1.30. The van der Waals surface area contributed by atoms with E-state index in [1.165, 1.54) is 54.5 Å². The number of imide groups is 1. The number of nitrogens with zero attached hydrogens (tertiary/aromatic N) is 2. The molecule has 0 unspecified atom stereocenters. The van der Waals surface area contributed by atoms with Gasteiger partial charge in [-0.3, -0.25) is 19.2 Å². The molecule has 0 spiro atoms. The maximum absolute atomic E-state index is 13.7. The van der Waals surface area contributed by atoms with Crippen LogP contribution in [0.15, 0.2) is 103 Å². The van der Waals surface area contributed by atoms with Gasteiger partial charge in [0.1, 0.15) is 6.04 Å². The fourth-order valence-corrected chi connectivity index (χ4v) is 5.14. The number of carbonyl (C=O) groups is 5. The highest BCUT2D eigenvalue weighted by Crippen LogP contribution is 2.46. The molecule has 2 atom stereocenters. The third-order valence-electron chi connectivity index (χ3n) is 7.19. The molecule has 1 fully saturated rings. The summed E-state index contributed by atoms with van der Waals surface area (Å²) < 4.78 is 4.69. The second-order valence-corrected chi connectivity index (χ2v) is 9.49. The van der Waals surface area contributed by atoms with E-state index < -0.39 is 35.8 Å². The van der Waals surface area contributed by atoms with Crippen LogP contribution in [-0.2, 0) is 4.74 Å². The van der Waals surface area contributed by atoms with Gasteiger partial charge in [0.2, 0.25) is 0 Å². The average molecular weight is 531 g/mol. The molecule has 1 saturated heterocycles. The zero-order valence-corrected chi connectivity index (χ0v) is 21.3. The summed E-state index contributed by atoms with van der Waals surface area (Å²) in [6, 6.07) is 27.3. The van der Waals surface area contributed by atoms with Gasteiger partial charge in [-0.25, -0.2) is 9.69 Å². The van der Waals surface area contributed by atoms with E-state index in [2.05, 4.69) is 0 Å². The number of Topliss-reactive ketones (excluding diaryl/α,β-unsaturated/α-hetero) is 1. The molecular weight excluding hydrogens is 508 g/mol. The lowest BCUT2D eigenvalue weighted by Gasteiger charge is -2.14. The van der Waals surface area contributed by atoms with Gasteiger partial charge in [0.25, 0.3) is 17.7 Å². The van der Waals surface area contributed by atoms with Crippen LogP contribution in [0.3, 0.4) is 0 Å². The average Bonchev–Trinajstić information content (AvgIpc) is 3.71. The Kier molecular flexibility index (Phi) is 6.07. The second kappa shape index (κ2) is 9.74. The molecular formula is C32H22N2O6. The molecule has 0 aliphatic carbocycles. The van der Waals surface area contributed by atoms with E-state index in [4.69, 9.17) is 4.74 Å². The topological polar surface area (TPSA) is 101 Å². The lowest BCUT2D eigenvalue weighted by atomic mass is 10.0. The summed E-state index contributed by atoms with van der Waals surface area (Å²) in [5.74, 6) is -2.23. The number of rotatable bonds is 6. The first-order valence-corrected chi connectivity index (χ1v) is 12.6. The number of hydrogen-bond acceptors (Lipinski definition) is 6. The van der Waals surface area contributed by atoms with Gasteiger partial charge in [-0.05, 0) is 48.0 Å². The molecule has 8 nitrogen and oxygen atoms in total. The largest absolute Gasteiger partial charge is 0.465 e. The molecule has 2 aliphatic rings. The van der Waals surface area contributed by atoms with E-state index in [0.717, 1.165) is 10.5 Å². The van der Waals surface area contributed by atoms with Gasteiger partial charge in [0.05, 0.1) is 35.5 Å².